The second-order valence-corrected chi connectivity index (χ2v) is 29.4. The topological polar surface area (TPSA) is 46.2 Å². The Bertz CT molecular complexity index is 1660. The van der Waals surface area contributed by atoms with Crippen molar-refractivity contribution in [2.24, 2.45) is 0 Å². The van der Waals surface area contributed by atoms with Crippen LogP contribution in [0.1, 0.15) is 105 Å². The summed E-state index contributed by atoms with van der Waals surface area (Å²) in [7, 11) is 0. The van der Waals surface area contributed by atoms with E-state index in [9.17, 15) is 0 Å². The van der Waals surface area contributed by atoms with Crippen LogP contribution in [0.3, 0.4) is 0 Å². The SMILES string of the molecule is CC(C)(C)c1cc2c(c(C(C)(C)C)c1)O[Te](O[Te]1(c3ccccc3)Oc3cc(C(C)(C)C)cc(C(C)(C)C)c3O1)(c1ccccc1)O2. The zero-order chi connectivity index (χ0) is 34.2. The third-order valence-corrected chi connectivity index (χ3v) is 25.7. The molecule has 0 saturated heterocycles. The molecule has 2 aliphatic rings. The molecule has 4 aromatic carbocycles. The van der Waals surface area contributed by atoms with E-state index in [1.807, 2.05) is 36.4 Å². The van der Waals surface area contributed by atoms with Crippen molar-refractivity contribution in [2.75, 3.05) is 0 Å². The first kappa shape index (κ1) is 34.5. The predicted octanol–water partition coefficient (Wildman–Crippen LogP) is 8.83. The summed E-state index contributed by atoms with van der Waals surface area (Å²) in [5.74, 6) is 3.00. The molecule has 2 atom stereocenters. The third-order valence-electron chi connectivity index (χ3n) is 8.49. The number of hydrogen-bond donors (Lipinski definition) is 0. The summed E-state index contributed by atoms with van der Waals surface area (Å²) >= 11 is -9.03. The molecule has 2 aliphatic heterocycles. The van der Waals surface area contributed by atoms with E-state index >= 15 is 0 Å². The average Bonchev–Trinajstić information content (AvgIpc) is 3.54. The van der Waals surface area contributed by atoms with Crippen molar-refractivity contribution in [1.29, 1.82) is 0 Å². The Balaban J connectivity index is 1.56. The van der Waals surface area contributed by atoms with Crippen molar-refractivity contribution in [1.82, 2.24) is 0 Å². The quantitative estimate of drug-likeness (QED) is 0.192. The monoisotopic (exact) mass is 870 g/mol. The Kier molecular flexibility index (Phi) is 8.52. The molecule has 0 aliphatic carbocycles. The van der Waals surface area contributed by atoms with Crippen LogP contribution in [0.15, 0.2) is 84.9 Å². The van der Waals surface area contributed by atoms with Crippen LogP contribution in [-0.4, -0.2) is 38.8 Å². The summed E-state index contributed by atoms with van der Waals surface area (Å²) in [6, 6.07) is 29.2. The minimum atomic E-state index is -4.52. The molecule has 0 bridgehead atoms. The van der Waals surface area contributed by atoms with Gasteiger partial charge in [0.15, 0.2) is 0 Å². The van der Waals surface area contributed by atoms with E-state index in [-0.39, 0.29) is 21.7 Å². The number of rotatable bonds is 4. The molecule has 0 aromatic heterocycles. The summed E-state index contributed by atoms with van der Waals surface area (Å²) in [6.07, 6.45) is 0. The molecule has 0 N–H and O–H groups in total. The second kappa shape index (κ2) is 11.6. The first-order valence-corrected chi connectivity index (χ1v) is 24.4. The molecule has 0 saturated carbocycles. The fraction of sp³-hybridized carbons (Fsp3) is 0.400. The summed E-state index contributed by atoms with van der Waals surface area (Å²) in [5.41, 5.74) is 4.06. The van der Waals surface area contributed by atoms with Gasteiger partial charge >= 0.3 is 295 Å². The van der Waals surface area contributed by atoms with Crippen LogP contribution < -0.4 is 19.6 Å². The standard InChI is InChI=1S/C40H50O5Te2/c1-37(2,3)27-23-31(39(7,8)9)35-33(25-27)41-46(43-35,29-19-15-13-16-20-29)45-47(30-21-17-14-18-22-30)42-34-26-28(38(4,5)6)24-32(36(34)44-47)40(10,11)12/h13-26H,1-12H3. The van der Waals surface area contributed by atoms with Crippen molar-refractivity contribution in [2.45, 2.75) is 105 Å². The van der Waals surface area contributed by atoms with Crippen LogP contribution in [0.4, 0.5) is 0 Å². The van der Waals surface area contributed by atoms with Crippen LogP contribution in [0.25, 0.3) is 0 Å². The van der Waals surface area contributed by atoms with Gasteiger partial charge in [-0.3, -0.25) is 0 Å². The van der Waals surface area contributed by atoms with Gasteiger partial charge in [-0.25, -0.2) is 0 Å². The molecule has 2 unspecified atom stereocenters. The molecule has 0 amide bonds. The van der Waals surface area contributed by atoms with Crippen LogP contribution in [0.5, 0.6) is 23.0 Å². The van der Waals surface area contributed by atoms with Crippen molar-refractivity contribution < 1.29 is 13.9 Å². The fourth-order valence-corrected chi connectivity index (χ4v) is 25.1. The number of fused-ring (bicyclic) bond motifs is 2. The Morgan fingerprint density at radius 1 is 0.426 bits per heavy atom. The van der Waals surface area contributed by atoms with Crippen LogP contribution in [-0.2, 0) is 23.1 Å². The van der Waals surface area contributed by atoms with E-state index in [1.165, 1.54) is 11.1 Å². The molecule has 252 valence electrons. The Labute approximate surface area is 292 Å². The fourth-order valence-electron chi connectivity index (χ4n) is 5.59. The van der Waals surface area contributed by atoms with E-state index in [2.05, 4.69) is 132 Å². The maximum atomic E-state index is 7.56. The summed E-state index contributed by atoms with van der Waals surface area (Å²) in [4.78, 5) is 0. The van der Waals surface area contributed by atoms with Gasteiger partial charge < -0.3 is 0 Å². The Hall–Kier alpha value is -2.38. The van der Waals surface area contributed by atoms with Crippen LogP contribution >= 0.6 is 0 Å². The molecular weight excluding hydrogens is 816 g/mol. The van der Waals surface area contributed by atoms with E-state index < -0.39 is 38.8 Å². The molecule has 0 radical (unpaired) electrons. The van der Waals surface area contributed by atoms with E-state index in [4.69, 9.17) is 13.9 Å². The van der Waals surface area contributed by atoms with Gasteiger partial charge in [0.25, 0.3) is 0 Å². The Morgan fingerprint density at radius 3 is 1.06 bits per heavy atom. The normalized spacial score (nSPS) is 23.6. The van der Waals surface area contributed by atoms with Crippen LogP contribution in [0, 0.1) is 0 Å². The summed E-state index contributed by atoms with van der Waals surface area (Å²) in [6.45, 7) is 26.7. The number of benzene rings is 4. The summed E-state index contributed by atoms with van der Waals surface area (Å²) < 4.78 is 38.2. The zero-order valence-electron chi connectivity index (χ0n) is 29.9. The molecule has 0 fully saturated rings. The van der Waals surface area contributed by atoms with Gasteiger partial charge in [-0.2, -0.15) is 0 Å². The summed E-state index contributed by atoms with van der Waals surface area (Å²) in [5, 5.41) is 0. The first-order chi connectivity index (χ1) is 21.7. The first-order valence-electron chi connectivity index (χ1n) is 16.4. The molecule has 2 heterocycles. The van der Waals surface area contributed by atoms with Gasteiger partial charge in [0, 0.05) is 0 Å². The molecule has 6 rings (SSSR count). The maximum absolute atomic E-state index is 7.56. The van der Waals surface area contributed by atoms with Gasteiger partial charge in [-0.05, 0) is 0 Å². The van der Waals surface area contributed by atoms with Crippen LogP contribution in [0.2, 0.25) is 0 Å². The van der Waals surface area contributed by atoms with E-state index in [1.54, 1.807) is 0 Å². The molecule has 4 aromatic rings. The van der Waals surface area contributed by atoms with Gasteiger partial charge in [-0.15, -0.1) is 0 Å². The minimum absolute atomic E-state index is 0.0821. The van der Waals surface area contributed by atoms with Gasteiger partial charge in [0.05, 0.1) is 0 Å². The van der Waals surface area contributed by atoms with E-state index in [0.717, 1.165) is 41.3 Å². The van der Waals surface area contributed by atoms with Gasteiger partial charge in [-0.1, -0.05) is 0 Å². The molecular formula is C40H50O5Te2. The third kappa shape index (κ3) is 6.52. The van der Waals surface area contributed by atoms with Crippen molar-refractivity contribution in [3.05, 3.63) is 107 Å². The van der Waals surface area contributed by atoms with Crippen molar-refractivity contribution in [3.8, 4) is 23.0 Å². The van der Waals surface area contributed by atoms with E-state index in [0.29, 0.717) is 0 Å². The molecule has 47 heavy (non-hydrogen) atoms. The van der Waals surface area contributed by atoms with Crippen molar-refractivity contribution in [3.63, 3.8) is 0 Å². The van der Waals surface area contributed by atoms with Crippen molar-refractivity contribution >= 4 is 46.0 Å². The molecule has 5 nitrogen and oxygen atoms in total. The molecule has 0 spiro atoms. The number of hydrogen-bond acceptors (Lipinski definition) is 5. The average molecular weight is 866 g/mol. The van der Waals surface area contributed by atoms with Gasteiger partial charge in [0.2, 0.25) is 0 Å². The predicted molar refractivity (Wildman–Crippen MR) is 195 cm³/mol. The Morgan fingerprint density at radius 2 is 0.766 bits per heavy atom. The molecule has 7 heteroatoms. The zero-order valence-corrected chi connectivity index (χ0v) is 34.6. The second-order valence-electron chi connectivity index (χ2n) is 16.6. The van der Waals surface area contributed by atoms with Gasteiger partial charge in [0.1, 0.15) is 0 Å².